The topological polar surface area (TPSA) is 20.3 Å². The lowest BCUT2D eigenvalue weighted by molar-refractivity contribution is 0.0738. The number of rotatable bonds is 4. The highest BCUT2D eigenvalue weighted by molar-refractivity contribution is 7.97. The van der Waals surface area contributed by atoms with Crippen molar-refractivity contribution in [2.24, 2.45) is 0 Å². The quantitative estimate of drug-likeness (QED) is 0.794. The highest BCUT2D eigenvalue weighted by atomic mass is 32.2. The summed E-state index contributed by atoms with van der Waals surface area (Å²) >= 11 is 3.61. The first-order valence-corrected chi connectivity index (χ1v) is 9.85. The predicted molar refractivity (Wildman–Crippen MR) is 95.7 cm³/mol. The molecule has 0 bridgehead atoms. The molecule has 2 heterocycles. The SMILES string of the molecule is CSCc1ccc(C(=O)N2CCCC2c2ccc(C)s2)cc1. The first-order chi connectivity index (χ1) is 10.7. The van der Waals surface area contributed by atoms with Crippen molar-refractivity contribution in [1.82, 2.24) is 4.90 Å². The molecule has 0 aliphatic carbocycles. The van der Waals surface area contributed by atoms with Gasteiger partial charge in [-0.3, -0.25) is 4.79 Å². The number of aryl methyl sites for hydroxylation is 1. The van der Waals surface area contributed by atoms with E-state index in [0.29, 0.717) is 0 Å². The zero-order valence-electron chi connectivity index (χ0n) is 13.0. The molecule has 3 rings (SSSR count). The Morgan fingerprint density at radius 3 is 2.68 bits per heavy atom. The lowest BCUT2D eigenvalue weighted by Gasteiger charge is -2.24. The standard InChI is InChI=1S/C18H21NOS2/c1-13-5-10-17(22-13)16-4-3-11-19(16)18(20)15-8-6-14(7-9-15)12-21-2/h5-10,16H,3-4,11-12H2,1-2H3. The Morgan fingerprint density at radius 2 is 2.05 bits per heavy atom. The number of carbonyl (C=O) groups excluding carboxylic acids is 1. The van der Waals surface area contributed by atoms with Crippen molar-refractivity contribution < 1.29 is 4.79 Å². The molecule has 0 radical (unpaired) electrons. The molecule has 2 nitrogen and oxygen atoms in total. The van der Waals surface area contributed by atoms with Crippen LogP contribution in [-0.4, -0.2) is 23.6 Å². The van der Waals surface area contributed by atoms with Gasteiger partial charge in [-0.2, -0.15) is 11.8 Å². The van der Waals surface area contributed by atoms with Gasteiger partial charge in [-0.25, -0.2) is 0 Å². The van der Waals surface area contributed by atoms with Crippen LogP contribution in [0.1, 0.15) is 44.6 Å². The maximum absolute atomic E-state index is 12.8. The van der Waals surface area contributed by atoms with Gasteiger partial charge in [0.2, 0.25) is 0 Å². The van der Waals surface area contributed by atoms with Crippen LogP contribution in [-0.2, 0) is 5.75 Å². The van der Waals surface area contributed by atoms with Gasteiger partial charge in [0.05, 0.1) is 6.04 Å². The third kappa shape index (κ3) is 3.23. The summed E-state index contributed by atoms with van der Waals surface area (Å²) in [6.07, 6.45) is 4.27. The lowest BCUT2D eigenvalue weighted by Crippen LogP contribution is -2.30. The highest BCUT2D eigenvalue weighted by Gasteiger charge is 2.31. The van der Waals surface area contributed by atoms with Crippen molar-refractivity contribution in [1.29, 1.82) is 0 Å². The largest absolute Gasteiger partial charge is 0.331 e. The normalized spacial score (nSPS) is 17.9. The molecule has 1 unspecified atom stereocenters. The summed E-state index contributed by atoms with van der Waals surface area (Å²) in [5.41, 5.74) is 2.08. The number of hydrogen-bond acceptors (Lipinski definition) is 3. The van der Waals surface area contributed by atoms with Crippen LogP contribution < -0.4 is 0 Å². The Labute approximate surface area is 140 Å². The first-order valence-electron chi connectivity index (χ1n) is 7.64. The van der Waals surface area contributed by atoms with Gasteiger partial charge in [0.1, 0.15) is 0 Å². The molecule has 116 valence electrons. The van der Waals surface area contributed by atoms with Crippen molar-refractivity contribution in [3.05, 3.63) is 57.3 Å². The fourth-order valence-corrected chi connectivity index (χ4v) is 4.57. The van der Waals surface area contributed by atoms with E-state index in [0.717, 1.165) is 30.7 Å². The van der Waals surface area contributed by atoms with E-state index in [2.05, 4.69) is 42.3 Å². The zero-order chi connectivity index (χ0) is 15.5. The molecule has 0 saturated carbocycles. The van der Waals surface area contributed by atoms with Crippen LogP contribution in [0.5, 0.6) is 0 Å². The van der Waals surface area contributed by atoms with Crippen molar-refractivity contribution in [3.8, 4) is 0 Å². The summed E-state index contributed by atoms with van der Waals surface area (Å²) in [5, 5.41) is 0. The van der Waals surface area contributed by atoms with Crippen LogP contribution >= 0.6 is 23.1 Å². The van der Waals surface area contributed by atoms with Gasteiger partial charge in [-0.05, 0) is 55.9 Å². The minimum absolute atomic E-state index is 0.171. The summed E-state index contributed by atoms with van der Waals surface area (Å²) in [7, 11) is 0. The lowest BCUT2D eigenvalue weighted by atomic mass is 10.1. The Kier molecular flexibility index (Phi) is 4.89. The van der Waals surface area contributed by atoms with Gasteiger partial charge in [0.25, 0.3) is 5.91 Å². The molecule has 22 heavy (non-hydrogen) atoms. The van der Waals surface area contributed by atoms with Crippen LogP contribution in [0.15, 0.2) is 36.4 Å². The van der Waals surface area contributed by atoms with Crippen molar-refractivity contribution in [3.63, 3.8) is 0 Å². The van der Waals surface area contributed by atoms with Crippen LogP contribution in [0.3, 0.4) is 0 Å². The Hall–Kier alpha value is -1.26. The van der Waals surface area contributed by atoms with E-state index in [-0.39, 0.29) is 11.9 Å². The molecule has 1 fully saturated rings. The summed E-state index contributed by atoms with van der Waals surface area (Å²) in [6, 6.07) is 12.7. The van der Waals surface area contributed by atoms with E-state index >= 15 is 0 Å². The summed E-state index contributed by atoms with van der Waals surface area (Å²) in [6.45, 7) is 2.99. The Balaban J connectivity index is 1.78. The van der Waals surface area contributed by atoms with Gasteiger partial charge in [-0.15, -0.1) is 11.3 Å². The fraction of sp³-hybridized carbons (Fsp3) is 0.389. The van der Waals surface area contributed by atoms with Gasteiger partial charge < -0.3 is 4.90 Å². The molecule has 1 aliphatic rings. The third-order valence-corrected chi connectivity index (χ3v) is 5.84. The van der Waals surface area contributed by atoms with Crippen LogP contribution in [0.4, 0.5) is 0 Å². The number of likely N-dealkylation sites (tertiary alicyclic amines) is 1. The van der Waals surface area contributed by atoms with E-state index in [9.17, 15) is 4.79 Å². The van der Waals surface area contributed by atoms with Gasteiger partial charge in [-0.1, -0.05) is 12.1 Å². The van der Waals surface area contributed by atoms with E-state index in [1.165, 1.54) is 15.3 Å². The number of thioether (sulfide) groups is 1. The highest BCUT2D eigenvalue weighted by Crippen LogP contribution is 2.36. The van der Waals surface area contributed by atoms with Crippen LogP contribution in [0.25, 0.3) is 0 Å². The molecule has 1 amide bonds. The van der Waals surface area contributed by atoms with Crippen LogP contribution in [0.2, 0.25) is 0 Å². The van der Waals surface area contributed by atoms with Crippen molar-refractivity contribution in [2.75, 3.05) is 12.8 Å². The summed E-state index contributed by atoms with van der Waals surface area (Å²) in [4.78, 5) is 17.5. The van der Waals surface area contributed by atoms with E-state index < -0.39 is 0 Å². The first kappa shape index (κ1) is 15.6. The average molecular weight is 332 g/mol. The number of thiophene rings is 1. The molecule has 2 aromatic rings. The molecule has 1 aliphatic heterocycles. The number of carbonyl (C=O) groups is 1. The predicted octanol–water partition coefficient (Wildman–Crippen LogP) is 4.90. The van der Waals surface area contributed by atoms with Crippen molar-refractivity contribution >= 4 is 29.0 Å². The fourth-order valence-electron chi connectivity index (χ4n) is 3.01. The average Bonchev–Trinajstić information content (AvgIpc) is 3.16. The van der Waals surface area contributed by atoms with Gasteiger partial charge in [0, 0.05) is 27.6 Å². The second kappa shape index (κ2) is 6.88. The number of hydrogen-bond donors (Lipinski definition) is 0. The molecule has 0 spiro atoms. The Morgan fingerprint density at radius 1 is 1.27 bits per heavy atom. The Bertz CT molecular complexity index is 647. The molecule has 1 aromatic heterocycles. The number of benzene rings is 1. The molecule has 4 heteroatoms. The maximum Gasteiger partial charge on any atom is 0.254 e. The second-order valence-electron chi connectivity index (χ2n) is 5.73. The summed E-state index contributed by atoms with van der Waals surface area (Å²) in [5.74, 6) is 1.17. The molecule has 1 saturated heterocycles. The summed E-state index contributed by atoms with van der Waals surface area (Å²) < 4.78 is 0. The molecular weight excluding hydrogens is 310 g/mol. The van der Waals surface area contributed by atoms with E-state index in [4.69, 9.17) is 0 Å². The molecule has 0 N–H and O–H groups in total. The zero-order valence-corrected chi connectivity index (χ0v) is 14.7. The van der Waals surface area contributed by atoms with Crippen molar-refractivity contribution in [2.45, 2.75) is 31.6 Å². The number of amides is 1. The monoisotopic (exact) mass is 331 g/mol. The maximum atomic E-state index is 12.8. The third-order valence-electron chi connectivity index (χ3n) is 4.12. The number of nitrogens with zero attached hydrogens (tertiary/aromatic N) is 1. The second-order valence-corrected chi connectivity index (χ2v) is 7.92. The molecular formula is C18H21NOS2. The smallest absolute Gasteiger partial charge is 0.254 e. The molecule has 1 atom stereocenters. The van der Waals surface area contributed by atoms with E-state index in [1.807, 2.05) is 23.5 Å². The minimum atomic E-state index is 0.171. The van der Waals surface area contributed by atoms with Gasteiger partial charge >= 0.3 is 0 Å². The van der Waals surface area contributed by atoms with Crippen LogP contribution in [0, 0.1) is 6.92 Å². The van der Waals surface area contributed by atoms with E-state index in [1.54, 1.807) is 11.8 Å². The minimum Gasteiger partial charge on any atom is -0.331 e. The van der Waals surface area contributed by atoms with Gasteiger partial charge in [0.15, 0.2) is 0 Å². The molecule has 1 aromatic carbocycles.